The Bertz CT molecular complexity index is 599. The molecule has 0 fully saturated rings. The third-order valence-corrected chi connectivity index (χ3v) is 3.24. The number of Topliss-reactive ketones (excluding diaryl/α,β-unsaturated/α-hetero) is 2. The first-order chi connectivity index (χ1) is 11.0. The van der Waals surface area contributed by atoms with Crippen molar-refractivity contribution in [3.63, 3.8) is 0 Å². The van der Waals surface area contributed by atoms with Gasteiger partial charge in [-0.1, -0.05) is 60.7 Å². The van der Waals surface area contributed by atoms with Crippen LogP contribution in [0.2, 0.25) is 0 Å². The van der Waals surface area contributed by atoms with Gasteiger partial charge < -0.3 is 0 Å². The van der Waals surface area contributed by atoms with E-state index in [1.54, 1.807) is 0 Å². The number of hydrogen-bond donors (Lipinski definition) is 0. The SMILES string of the molecule is CC(=O)C(=O)CCCC(=O)Cl.c1ccc(-c2ccccc2)cc1. The first-order valence-electron chi connectivity index (χ1n) is 7.33. The van der Waals surface area contributed by atoms with E-state index in [9.17, 15) is 14.4 Å². The topological polar surface area (TPSA) is 51.2 Å². The number of benzene rings is 2. The molecule has 2 aromatic rings. The molecule has 0 unspecified atom stereocenters. The van der Waals surface area contributed by atoms with Crippen LogP contribution in [0.5, 0.6) is 0 Å². The van der Waals surface area contributed by atoms with Crippen molar-refractivity contribution in [3.8, 4) is 11.1 Å². The highest BCUT2D eigenvalue weighted by atomic mass is 35.5. The standard InChI is InChI=1S/C12H10.C7H9ClO3/c1-3-7-11(8-4-1)12-9-5-2-6-10-12;1-5(9)6(10)3-2-4-7(8)11/h1-10H;2-4H2,1H3. The van der Waals surface area contributed by atoms with Crippen molar-refractivity contribution < 1.29 is 14.4 Å². The Labute approximate surface area is 141 Å². The molecule has 2 rings (SSSR count). The summed E-state index contributed by atoms with van der Waals surface area (Å²) >= 11 is 5.01. The van der Waals surface area contributed by atoms with Crippen molar-refractivity contribution >= 4 is 28.4 Å². The largest absolute Gasteiger partial charge is 0.291 e. The lowest BCUT2D eigenvalue weighted by Gasteiger charge is -1.98. The monoisotopic (exact) mass is 330 g/mol. The Hall–Kier alpha value is -2.26. The average Bonchev–Trinajstić information content (AvgIpc) is 2.56. The molecule has 0 radical (unpaired) electrons. The summed E-state index contributed by atoms with van der Waals surface area (Å²) in [7, 11) is 0. The summed E-state index contributed by atoms with van der Waals surface area (Å²) < 4.78 is 0. The molecule has 0 atom stereocenters. The zero-order valence-electron chi connectivity index (χ0n) is 13.0. The van der Waals surface area contributed by atoms with Crippen LogP contribution in [0.1, 0.15) is 26.2 Å². The molecular formula is C19H19ClO3. The van der Waals surface area contributed by atoms with E-state index in [4.69, 9.17) is 11.6 Å². The molecule has 4 heteroatoms. The third kappa shape index (κ3) is 8.07. The van der Waals surface area contributed by atoms with Crippen LogP contribution in [0.3, 0.4) is 0 Å². The van der Waals surface area contributed by atoms with E-state index in [1.807, 2.05) is 12.1 Å². The summed E-state index contributed by atoms with van der Waals surface area (Å²) in [5, 5.41) is -0.471. The van der Waals surface area contributed by atoms with Gasteiger partial charge in [-0.15, -0.1) is 0 Å². The third-order valence-electron chi connectivity index (χ3n) is 3.05. The van der Waals surface area contributed by atoms with Crippen molar-refractivity contribution in [2.45, 2.75) is 26.2 Å². The van der Waals surface area contributed by atoms with Crippen LogP contribution in [0, 0.1) is 0 Å². The molecule has 0 aliphatic heterocycles. The van der Waals surface area contributed by atoms with Gasteiger partial charge in [0.1, 0.15) is 0 Å². The predicted molar refractivity (Wildman–Crippen MR) is 92.3 cm³/mol. The van der Waals surface area contributed by atoms with E-state index in [0.29, 0.717) is 6.42 Å². The molecule has 120 valence electrons. The average molecular weight is 331 g/mol. The maximum atomic E-state index is 10.6. The van der Waals surface area contributed by atoms with Gasteiger partial charge in [-0.3, -0.25) is 14.4 Å². The Morgan fingerprint density at radius 3 is 1.57 bits per heavy atom. The van der Waals surface area contributed by atoms with Crippen molar-refractivity contribution in [2.75, 3.05) is 0 Å². The molecule has 0 saturated carbocycles. The summed E-state index contributed by atoms with van der Waals surface area (Å²) in [5.74, 6) is -0.907. The molecule has 0 amide bonds. The van der Waals surface area contributed by atoms with Crippen molar-refractivity contribution in [2.24, 2.45) is 0 Å². The van der Waals surface area contributed by atoms with Gasteiger partial charge in [0.2, 0.25) is 5.24 Å². The van der Waals surface area contributed by atoms with Gasteiger partial charge in [0, 0.05) is 19.8 Å². The summed E-state index contributed by atoms with van der Waals surface area (Å²) in [4.78, 5) is 31.1. The maximum absolute atomic E-state index is 10.6. The first kappa shape index (κ1) is 18.8. The molecule has 0 N–H and O–H groups in total. The fourth-order valence-corrected chi connectivity index (χ4v) is 1.96. The number of carbonyl (C=O) groups is 3. The molecule has 0 aliphatic rings. The van der Waals surface area contributed by atoms with E-state index in [0.717, 1.165) is 0 Å². The molecule has 0 spiro atoms. The fraction of sp³-hybridized carbons (Fsp3) is 0.211. The van der Waals surface area contributed by atoms with Crippen LogP contribution in [-0.4, -0.2) is 16.8 Å². The maximum Gasteiger partial charge on any atom is 0.221 e. The lowest BCUT2D eigenvalue weighted by Crippen LogP contribution is -2.08. The highest BCUT2D eigenvalue weighted by Crippen LogP contribution is 2.17. The second-order valence-electron chi connectivity index (χ2n) is 4.92. The van der Waals surface area contributed by atoms with Gasteiger partial charge in [0.25, 0.3) is 0 Å². The van der Waals surface area contributed by atoms with Crippen molar-refractivity contribution in [3.05, 3.63) is 60.7 Å². The summed E-state index contributed by atoms with van der Waals surface area (Å²) in [6, 6.07) is 20.8. The molecule has 0 saturated heterocycles. The molecular weight excluding hydrogens is 312 g/mol. The van der Waals surface area contributed by atoms with Crippen LogP contribution in [0.15, 0.2) is 60.7 Å². The summed E-state index contributed by atoms with van der Waals surface area (Å²) in [5.41, 5.74) is 2.55. The first-order valence-corrected chi connectivity index (χ1v) is 7.71. The second-order valence-corrected chi connectivity index (χ2v) is 5.34. The highest BCUT2D eigenvalue weighted by molar-refractivity contribution is 6.63. The molecule has 0 aromatic heterocycles. The summed E-state index contributed by atoms with van der Waals surface area (Å²) in [6.45, 7) is 1.21. The van der Waals surface area contributed by atoms with Crippen LogP contribution < -0.4 is 0 Å². The van der Waals surface area contributed by atoms with E-state index in [2.05, 4.69) is 48.5 Å². The lowest BCUT2D eigenvalue weighted by atomic mass is 10.1. The number of rotatable bonds is 6. The van der Waals surface area contributed by atoms with Crippen LogP contribution in [0.25, 0.3) is 11.1 Å². The Morgan fingerprint density at radius 2 is 1.22 bits per heavy atom. The van der Waals surface area contributed by atoms with Gasteiger partial charge in [-0.2, -0.15) is 0 Å². The highest BCUT2D eigenvalue weighted by Gasteiger charge is 2.07. The quantitative estimate of drug-likeness (QED) is 0.581. The molecule has 23 heavy (non-hydrogen) atoms. The van der Waals surface area contributed by atoms with E-state index >= 15 is 0 Å². The Morgan fingerprint density at radius 1 is 0.783 bits per heavy atom. The second kappa shape index (κ2) is 10.5. The predicted octanol–water partition coefficient (Wildman–Crippen LogP) is 4.43. The minimum absolute atomic E-state index is 0.119. The zero-order chi connectivity index (χ0) is 17.1. The van der Waals surface area contributed by atoms with Crippen LogP contribution in [-0.2, 0) is 14.4 Å². The van der Waals surface area contributed by atoms with Crippen molar-refractivity contribution in [1.82, 2.24) is 0 Å². The molecule has 2 aromatic carbocycles. The fourth-order valence-electron chi connectivity index (χ4n) is 1.83. The van der Waals surface area contributed by atoms with Gasteiger partial charge in [0.05, 0.1) is 0 Å². The lowest BCUT2D eigenvalue weighted by molar-refractivity contribution is -0.135. The molecule has 3 nitrogen and oxygen atoms in total. The smallest absolute Gasteiger partial charge is 0.221 e. The number of ketones is 2. The molecule has 0 heterocycles. The van der Waals surface area contributed by atoms with E-state index in [-0.39, 0.29) is 12.8 Å². The Kier molecular flexibility index (Phi) is 8.55. The summed E-state index contributed by atoms with van der Waals surface area (Å²) in [6.07, 6.45) is 0.634. The van der Waals surface area contributed by atoms with Gasteiger partial charge >= 0.3 is 0 Å². The number of halogens is 1. The number of carbonyl (C=O) groups excluding carboxylic acids is 3. The van der Waals surface area contributed by atoms with E-state index in [1.165, 1.54) is 18.1 Å². The van der Waals surface area contributed by atoms with Crippen LogP contribution >= 0.6 is 11.6 Å². The molecule has 0 aliphatic carbocycles. The minimum Gasteiger partial charge on any atom is -0.291 e. The van der Waals surface area contributed by atoms with E-state index < -0.39 is 16.8 Å². The zero-order valence-corrected chi connectivity index (χ0v) is 13.8. The van der Waals surface area contributed by atoms with Gasteiger partial charge in [-0.05, 0) is 29.1 Å². The van der Waals surface area contributed by atoms with Crippen molar-refractivity contribution in [1.29, 1.82) is 0 Å². The van der Waals surface area contributed by atoms with Gasteiger partial charge in [-0.25, -0.2) is 0 Å². The molecule has 0 bridgehead atoms. The Balaban J connectivity index is 0.000000232. The minimum atomic E-state index is -0.471. The normalized spacial score (nSPS) is 9.48. The number of hydrogen-bond acceptors (Lipinski definition) is 3. The van der Waals surface area contributed by atoms with Crippen LogP contribution in [0.4, 0.5) is 0 Å². The van der Waals surface area contributed by atoms with Gasteiger partial charge in [0.15, 0.2) is 11.6 Å².